The van der Waals surface area contributed by atoms with Gasteiger partial charge in [-0.2, -0.15) is 0 Å². The average molecular weight is 277 g/mol. The van der Waals surface area contributed by atoms with Gasteiger partial charge in [-0.25, -0.2) is 4.79 Å². The first kappa shape index (κ1) is 16.0. The van der Waals surface area contributed by atoms with Gasteiger partial charge in [-0.05, 0) is 24.1 Å². The first-order chi connectivity index (χ1) is 9.58. The quantitative estimate of drug-likeness (QED) is 0.780. The lowest BCUT2D eigenvalue weighted by Crippen LogP contribution is -2.34. The van der Waals surface area contributed by atoms with Crippen LogP contribution in [-0.2, 0) is 11.2 Å². The van der Waals surface area contributed by atoms with E-state index in [1.807, 2.05) is 24.3 Å². The van der Waals surface area contributed by atoms with Gasteiger partial charge in [0.1, 0.15) is 0 Å². The highest BCUT2D eigenvalue weighted by Crippen LogP contribution is 2.15. The summed E-state index contributed by atoms with van der Waals surface area (Å²) >= 11 is 0. The SMILES string of the molecule is CCCCNC(=O)Cc1cccc(N(C)C(=O)NC)c1. The fraction of sp³-hybridized carbons (Fsp3) is 0.467. The average Bonchev–Trinajstić information content (AvgIpc) is 2.46. The summed E-state index contributed by atoms with van der Waals surface area (Å²) in [6, 6.07) is 7.25. The van der Waals surface area contributed by atoms with Crippen molar-refractivity contribution in [2.45, 2.75) is 26.2 Å². The van der Waals surface area contributed by atoms with Gasteiger partial charge in [-0.3, -0.25) is 9.69 Å². The fourth-order valence-electron chi connectivity index (χ4n) is 1.81. The maximum atomic E-state index is 11.8. The number of carbonyl (C=O) groups excluding carboxylic acids is 2. The zero-order chi connectivity index (χ0) is 15.0. The number of nitrogens with one attached hydrogen (secondary N) is 2. The Kier molecular flexibility index (Phi) is 6.56. The summed E-state index contributed by atoms with van der Waals surface area (Å²) in [4.78, 5) is 24.8. The normalized spacial score (nSPS) is 9.95. The predicted molar refractivity (Wildman–Crippen MR) is 80.9 cm³/mol. The highest BCUT2D eigenvalue weighted by Gasteiger charge is 2.10. The summed E-state index contributed by atoms with van der Waals surface area (Å²) in [5, 5.41) is 5.45. The molecule has 5 heteroatoms. The molecule has 110 valence electrons. The second kappa shape index (κ2) is 8.19. The van der Waals surface area contributed by atoms with Gasteiger partial charge < -0.3 is 10.6 Å². The van der Waals surface area contributed by atoms with E-state index in [0.29, 0.717) is 13.0 Å². The van der Waals surface area contributed by atoms with Gasteiger partial charge in [0.15, 0.2) is 0 Å². The molecular formula is C15H23N3O2. The van der Waals surface area contributed by atoms with Crippen LogP contribution in [0.25, 0.3) is 0 Å². The Morgan fingerprint density at radius 3 is 2.70 bits per heavy atom. The van der Waals surface area contributed by atoms with Crippen LogP contribution in [0.3, 0.4) is 0 Å². The molecule has 1 aromatic carbocycles. The third kappa shape index (κ3) is 4.91. The van der Waals surface area contributed by atoms with Crippen LogP contribution in [0.5, 0.6) is 0 Å². The van der Waals surface area contributed by atoms with Crippen molar-refractivity contribution >= 4 is 17.6 Å². The molecule has 5 nitrogen and oxygen atoms in total. The smallest absolute Gasteiger partial charge is 0.321 e. The molecule has 0 unspecified atom stereocenters. The maximum absolute atomic E-state index is 11.8. The van der Waals surface area contributed by atoms with Crippen LogP contribution < -0.4 is 15.5 Å². The van der Waals surface area contributed by atoms with Crippen molar-refractivity contribution in [3.8, 4) is 0 Å². The summed E-state index contributed by atoms with van der Waals surface area (Å²) in [6.07, 6.45) is 2.39. The first-order valence-electron chi connectivity index (χ1n) is 6.89. The molecule has 0 saturated heterocycles. The minimum absolute atomic E-state index is 0.0122. The highest BCUT2D eigenvalue weighted by atomic mass is 16.2. The van der Waals surface area contributed by atoms with E-state index in [1.165, 1.54) is 4.90 Å². The molecule has 1 aromatic rings. The van der Waals surface area contributed by atoms with Gasteiger partial charge in [0.25, 0.3) is 0 Å². The monoisotopic (exact) mass is 277 g/mol. The number of carbonyl (C=O) groups is 2. The number of anilines is 1. The molecule has 20 heavy (non-hydrogen) atoms. The number of benzene rings is 1. The third-order valence-electron chi connectivity index (χ3n) is 3.03. The van der Waals surface area contributed by atoms with Crippen molar-refractivity contribution in [2.75, 3.05) is 25.5 Å². The zero-order valence-corrected chi connectivity index (χ0v) is 12.4. The third-order valence-corrected chi connectivity index (χ3v) is 3.03. The largest absolute Gasteiger partial charge is 0.356 e. The van der Waals surface area contributed by atoms with Gasteiger partial charge >= 0.3 is 6.03 Å². The molecule has 0 aliphatic carbocycles. The molecule has 0 aromatic heterocycles. The van der Waals surface area contributed by atoms with Gasteiger partial charge in [-0.15, -0.1) is 0 Å². The standard InChI is InChI=1S/C15H23N3O2/c1-4-5-9-17-14(19)11-12-7-6-8-13(10-12)18(3)15(20)16-2/h6-8,10H,4-5,9,11H2,1-3H3,(H,16,20)(H,17,19). The van der Waals surface area contributed by atoms with E-state index in [1.54, 1.807) is 14.1 Å². The van der Waals surface area contributed by atoms with Crippen LogP contribution in [-0.4, -0.2) is 32.6 Å². The van der Waals surface area contributed by atoms with Crippen molar-refractivity contribution in [3.05, 3.63) is 29.8 Å². The van der Waals surface area contributed by atoms with Crippen LogP contribution in [0.2, 0.25) is 0 Å². The number of hydrogen-bond donors (Lipinski definition) is 2. The summed E-state index contributed by atoms with van der Waals surface area (Å²) in [7, 11) is 3.28. The zero-order valence-electron chi connectivity index (χ0n) is 12.4. The molecule has 0 fully saturated rings. The molecule has 0 spiro atoms. The lowest BCUT2D eigenvalue weighted by atomic mass is 10.1. The molecule has 0 bridgehead atoms. The maximum Gasteiger partial charge on any atom is 0.321 e. The van der Waals surface area contributed by atoms with E-state index in [2.05, 4.69) is 17.6 Å². The number of nitrogens with zero attached hydrogens (tertiary/aromatic N) is 1. The van der Waals surface area contributed by atoms with Crippen molar-refractivity contribution in [1.29, 1.82) is 0 Å². The summed E-state index contributed by atoms with van der Waals surface area (Å²) < 4.78 is 0. The van der Waals surface area contributed by atoms with E-state index in [9.17, 15) is 9.59 Å². The molecular weight excluding hydrogens is 254 g/mol. The molecule has 0 atom stereocenters. The Bertz CT molecular complexity index is 460. The van der Waals surface area contributed by atoms with Crippen LogP contribution in [0, 0.1) is 0 Å². The highest BCUT2D eigenvalue weighted by molar-refractivity contribution is 5.91. The first-order valence-corrected chi connectivity index (χ1v) is 6.89. The minimum atomic E-state index is -0.186. The Labute approximate surface area is 120 Å². The van der Waals surface area contributed by atoms with Crippen molar-refractivity contribution in [1.82, 2.24) is 10.6 Å². The number of urea groups is 1. The van der Waals surface area contributed by atoms with E-state index in [4.69, 9.17) is 0 Å². The van der Waals surface area contributed by atoms with Crippen LogP contribution in [0.15, 0.2) is 24.3 Å². The van der Waals surface area contributed by atoms with Crippen molar-refractivity contribution < 1.29 is 9.59 Å². The van der Waals surface area contributed by atoms with Crippen molar-refractivity contribution in [2.24, 2.45) is 0 Å². The number of amides is 3. The second-order valence-corrected chi connectivity index (χ2v) is 4.66. The minimum Gasteiger partial charge on any atom is -0.356 e. The molecule has 0 heterocycles. The topological polar surface area (TPSA) is 61.4 Å². The van der Waals surface area contributed by atoms with Crippen LogP contribution in [0.1, 0.15) is 25.3 Å². The van der Waals surface area contributed by atoms with Gasteiger partial charge in [0, 0.05) is 26.3 Å². The number of hydrogen-bond acceptors (Lipinski definition) is 2. The Balaban J connectivity index is 2.64. The van der Waals surface area contributed by atoms with E-state index < -0.39 is 0 Å². The molecule has 1 rings (SSSR count). The Hall–Kier alpha value is -2.04. The van der Waals surface area contributed by atoms with E-state index in [0.717, 1.165) is 24.1 Å². The predicted octanol–water partition coefficient (Wildman–Crippen LogP) is 1.92. The second-order valence-electron chi connectivity index (χ2n) is 4.66. The van der Waals surface area contributed by atoms with Crippen LogP contribution >= 0.6 is 0 Å². The molecule has 0 saturated carbocycles. The lowest BCUT2D eigenvalue weighted by molar-refractivity contribution is -0.120. The van der Waals surface area contributed by atoms with E-state index >= 15 is 0 Å². The number of rotatable bonds is 6. The van der Waals surface area contributed by atoms with Gasteiger partial charge in [0.05, 0.1) is 6.42 Å². The summed E-state index contributed by atoms with van der Waals surface area (Å²) in [5.74, 6) is 0.0122. The molecule has 0 aliphatic rings. The number of unbranched alkanes of at least 4 members (excludes halogenated alkanes) is 1. The molecule has 0 aliphatic heterocycles. The summed E-state index contributed by atoms with van der Waals surface area (Å²) in [5.41, 5.74) is 1.66. The molecule has 3 amide bonds. The van der Waals surface area contributed by atoms with Crippen LogP contribution in [0.4, 0.5) is 10.5 Å². The van der Waals surface area contributed by atoms with Gasteiger partial charge in [-0.1, -0.05) is 25.5 Å². The van der Waals surface area contributed by atoms with Gasteiger partial charge in [0.2, 0.25) is 5.91 Å². The summed E-state index contributed by atoms with van der Waals surface area (Å²) in [6.45, 7) is 2.80. The fourth-order valence-corrected chi connectivity index (χ4v) is 1.81. The van der Waals surface area contributed by atoms with E-state index in [-0.39, 0.29) is 11.9 Å². The molecule has 0 radical (unpaired) electrons. The molecule has 2 N–H and O–H groups in total. The van der Waals surface area contributed by atoms with Crippen molar-refractivity contribution in [3.63, 3.8) is 0 Å². The lowest BCUT2D eigenvalue weighted by Gasteiger charge is -2.17. The Morgan fingerprint density at radius 2 is 2.05 bits per heavy atom. The Morgan fingerprint density at radius 1 is 1.30 bits per heavy atom.